The zero-order chi connectivity index (χ0) is 10.1. The Balaban J connectivity index is 0. The molecule has 0 bridgehead atoms. The molecular weight excluding hydrogens is 410 g/mol. The molecule has 1 rings (SSSR count). The minimum Gasteiger partial charge on any atom is -0.147 e. The van der Waals surface area contributed by atoms with Gasteiger partial charge in [0.2, 0.25) is 0 Å². The average Bonchev–Trinajstić information content (AvgIpc) is 2.30. The van der Waals surface area contributed by atoms with Crippen LogP contribution in [-0.2, 0) is 24.4 Å². The van der Waals surface area contributed by atoms with Gasteiger partial charge in [0, 0.05) is 0 Å². The van der Waals surface area contributed by atoms with E-state index in [1.807, 2.05) is 0 Å². The van der Waals surface area contributed by atoms with E-state index >= 15 is 0 Å². The van der Waals surface area contributed by atoms with Crippen LogP contribution in [0.25, 0.3) is 0 Å². The number of hydrogen-bond donors (Lipinski definition) is 0. The number of hydrogen-bond acceptors (Lipinski definition) is 0. The van der Waals surface area contributed by atoms with Crippen molar-refractivity contribution in [1.29, 1.82) is 0 Å². The first-order valence-electron chi connectivity index (χ1n) is 5.10. The van der Waals surface area contributed by atoms with Crippen LogP contribution >= 0.6 is 24.8 Å². The quantitative estimate of drug-likeness (QED) is 0.572. The van der Waals surface area contributed by atoms with Gasteiger partial charge in [0.05, 0.1) is 0 Å². The van der Waals surface area contributed by atoms with Crippen LogP contribution < -0.4 is 0 Å². The van der Waals surface area contributed by atoms with Crippen LogP contribution in [0.1, 0.15) is 26.2 Å². The molecule has 0 saturated carbocycles. The standard InChI is InChI=1S/C11H19Si.2ClH.Hf/c1-5-6-10-7-8-11(9-10)12(2,3)4;;;/h9H,5-7H2,1-4H3;2*1H;. The summed E-state index contributed by atoms with van der Waals surface area (Å²) in [6.45, 7) is 9.67. The fourth-order valence-corrected chi connectivity index (χ4v) is 8.56. The molecule has 0 fully saturated rings. The van der Waals surface area contributed by atoms with E-state index in [-0.39, 0.29) is 24.8 Å². The monoisotopic (exact) mass is 431 g/mol. The molecule has 1 aliphatic carbocycles. The summed E-state index contributed by atoms with van der Waals surface area (Å²) in [5.41, 5.74) is 1.70. The van der Waals surface area contributed by atoms with E-state index in [4.69, 9.17) is 0 Å². The van der Waals surface area contributed by atoms with Gasteiger partial charge in [0.1, 0.15) is 0 Å². The van der Waals surface area contributed by atoms with Gasteiger partial charge < -0.3 is 0 Å². The Hall–Kier alpha value is 1.15. The summed E-state index contributed by atoms with van der Waals surface area (Å²) in [4.78, 5) is 0. The molecule has 0 saturated heterocycles. The Bertz CT molecular complexity index is 264. The van der Waals surface area contributed by atoms with Gasteiger partial charge in [-0.3, -0.25) is 0 Å². The molecule has 0 nitrogen and oxygen atoms in total. The number of rotatable bonds is 3. The third-order valence-electron chi connectivity index (χ3n) is 2.46. The van der Waals surface area contributed by atoms with Crippen LogP contribution in [-0.4, -0.2) is 8.07 Å². The van der Waals surface area contributed by atoms with Crippen molar-refractivity contribution in [1.82, 2.24) is 0 Å². The van der Waals surface area contributed by atoms with E-state index in [0.717, 1.165) is 0 Å². The molecule has 1 aliphatic rings. The SMILES string of the molecule is CCCC1=CC([Si](C)(C)C)=[C]([Hf])C1.Cl.Cl. The van der Waals surface area contributed by atoms with Gasteiger partial charge in [-0.2, -0.15) is 0 Å². The van der Waals surface area contributed by atoms with Crippen molar-refractivity contribution in [2.75, 3.05) is 0 Å². The Morgan fingerprint density at radius 2 is 1.80 bits per heavy atom. The van der Waals surface area contributed by atoms with Crippen LogP contribution in [0, 0.1) is 0 Å². The second kappa shape index (κ2) is 7.47. The zero-order valence-corrected chi connectivity index (χ0v) is 16.2. The van der Waals surface area contributed by atoms with E-state index < -0.39 is 8.07 Å². The summed E-state index contributed by atoms with van der Waals surface area (Å²) >= 11 is 1.27. The summed E-state index contributed by atoms with van der Waals surface area (Å²) < 4.78 is 1.78. The predicted octanol–water partition coefficient (Wildman–Crippen LogP) is 4.64. The molecule has 0 amide bonds. The largest absolute Gasteiger partial charge is 0.147 e. The molecule has 4 heteroatoms. The summed E-state index contributed by atoms with van der Waals surface area (Å²) in [6.07, 6.45) is 6.47. The van der Waals surface area contributed by atoms with E-state index in [1.54, 1.807) is 14.1 Å². The minimum absolute atomic E-state index is 0. The summed E-state index contributed by atoms with van der Waals surface area (Å²) in [5.74, 6) is 0. The molecule has 0 aromatic carbocycles. The van der Waals surface area contributed by atoms with Crippen molar-refractivity contribution in [3.05, 3.63) is 20.2 Å². The molecule has 0 atom stereocenters. The number of halogens is 2. The van der Waals surface area contributed by atoms with Crippen molar-refractivity contribution in [3.8, 4) is 0 Å². The van der Waals surface area contributed by atoms with Crippen molar-refractivity contribution < 1.29 is 24.4 Å². The third kappa shape index (κ3) is 5.34. The Labute approximate surface area is 122 Å². The van der Waals surface area contributed by atoms with Gasteiger partial charge in [-0.25, -0.2) is 0 Å². The van der Waals surface area contributed by atoms with Crippen molar-refractivity contribution >= 4 is 32.9 Å². The van der Waals surface area contributed by atoms with Crippen LogP contribution in [0.15, 0.2) is 20.2 Å². The maximum atomic E-state index is 2.53. The van der Waals surface area contributed by atoms with Gasteiger partial charge in [-0.15, -0.1) is 24.8 Å². The first-order valence-corrected chi connectivity index (χ1v) is 10.4. The van der Waals surface area contributed by atoms with E-state index in [2.05, 4.69) is 32.6 Å². The van der Waals surface area contributed by atoms with E-state index in [9.17, 15) is 0 Å². The Morgan fingerprint density at radius 1 is 1.27 bits per heavy atom. The third-order valence-corrected chi connectivity index (χ3v) is 7.02. The topological polar surface area (TPSA) is 0 Å². The summed E-state index contributed by atoms with van der Waals surface area (Å²) in [5, 5.41) is 1.77. The van der Waals surface area contributed by atoms with Gasteiger partial charge in [0.25, 0.3) is 0 Å². The molecule has 0 unspecified atom stereocenters. The van der Waals surface area contributed by atoms with Gasteiger partial charge in [-0.1, -0.05) is 0 Å². The fourth-order valence-electron chi connectivity index (χ4n) is 1.82. The molecule has 0 aromatic heterocycles. The van der Waals surface area contributed by atoms with Crippen LogP contribution in [0.3, 0.4) is 0 Å². The molecule has 87 valence electrons. The average molecular weight is 431 g/mol. The maximum Gasteiger partial charge on any atom is -0.147 e. The summed E-state index contributed by atoms with van der Waals surface area (Å²) in [7, 11) is -1.02. The smallest absolute Gasteiger partial charge is 0.147 e. The zero-order valence-electron chi connectivity index (χ0n) is 10.0. The Kier molecular flexibility index (Phi) is 9.22. The molecule has 0 spiro atoms. The first kappa shape index (κ1) is 18.5. The maximum absolute atomic E-state index is 2.53. The molecule has 0 heterocycles. The van der Waals surface area contributed by atoms with Gasteiger partial charge in [-0.05, 0) is 0 Å². The van der Waals surface area contributed by atoms with Crippen molar-refractivity contribution in [3.63, 3.8) is 0 Å². The van der Waals surface area contributed by atoms with Gasteiger partial charge >= 0.3 is 98.5 Å². The Morgan fingerprint density at radius 3 is 2.13 bits per heavy atom. The van der Waals surface area contributed by atoms with Crippen LogP contribution in [0.2, 0.25) is 19.6 Å². The normalized spacial score (nSPS) is 15.5. The molecule has 15 heavy (non-hydrogen) atoms. The van der Waals surface area contributed by atoms with Crippen LogP contribution in [0.5, 0.6) is 0 Å². The molecule has 0 N–H and O–H groups in total. The van der Waals surface area contributed by atoms with Crippen LogP contribution in [0.4, 0.5) is 0 Å². The molecule has 0 aromatic rings. The number of allylic oxidation sites excluding steroid dienone is 4. The summed E-state index contributed by atoms with van der Waals surface area (Å²) in [6, 6.07) is 0. The van der Waals surface area contributed by atoms with Crippen molar-refractivity contribution in [2.45, 2.75) is 45.8 Å². The molecule has 0 aliphatic heterocycles. The second-order valence-electron chi connectivity index (χ2n) is 4.87. The fraction of sp³-hybridized carbons (Fsp3) is 0.636. The predicted molar refractivity (Wildman–Crippen MR) is 72.5 cm³/mol. The second-order valence-corrected chi connectivity index (χ2v) is 12.1. The van der Waals surface area contributed by atoms with E-state index in [0.29, 0.717) is 0 Å². The van der Waals surface area contributed by atoms with Crippen molar-refractivity contribution in [2.24, 2.45) is 0 Å². The van der Waals surface area contributed by atoms with E-state index in [1.165, 1.54) is 43.6 Å². The first-order chi connectivity index (χ1) is 5.95. The minimum atomic E-state index is -1.02. The molecule has 0 radical (unpaired) electrons. The van der Waals surface area contributed by atoms with Gasteiger partial charge in [0.15, 0.2) is 0 Å². The molecular formula is C11H21Cl2HfSi.